The molecule has 0 saturated carbocycles. The second kappa shape index (κ2) is 5.44. The number of carbonyl (C=O) groups is 1. The van der Waals surface area contributed by atoms with Gasteiger partial charge in [0, 0.05) is 18.5 Å². The zero-order valence-electron chi connectivity index (χ0n) is 10.2. The summed E-state index contributed by atoms with van der Waals surface area (Å²) in [5, 5.41) is 16.5. The second-order valence-electron chi connectivity index (χ2n) is 4.21. The molecular weight excluding hydrogens is 230 g/mol. The second-order valence-corrected chi connectivity index (χ2v) is 4.21. The zero-order valence-corrected chi connectivity index (χ0v) is 10.2. The van der Waals surface area contributed by atoms with Gasteiger partial charge in [0.05, 0.1) is 11.9 Å². The van der Waals surface area contributed by atoms with Gasteiger partial charge in [0.25, 0.3) is 0 Å². The fourth-order valence-corrected chi connectivity index (χ4v) is 1.75. The monoisotopic (exact) mass is 245 g/mol. The van der Waals surface area contributed by atoms with Crippen LogP contribution in [0.3, 0.4) is 0 Å². The van der Waals surface area contributed by atoms with Crippen molar-refractivity contribution in [1.82, 2.24) is 15.0 Å². The molecule has 0 radical (unpaired) electrons. The molecule has 1 aromatic heterocycles. The Hall–Kier alpha value is -2.17. The molecule has 0 aliphatic rings. The molecule has 0 aliphatic heterocycles. The lowest BCUT2D eigenvalue weighted by Gasteiger charge is -2.05. The van der Waals surface area contributed by atoms with E-state index in [1.54, 1.807) is 10.9 Å². The van der Waals surface area contributed by atoms with Crippen LogP contribution in [0.2, 0.25) is 0 Å². The van der Waals surface area contributed by atoms with Crippen molar-refractivity contribution in [3.63, 3.8) is 0 Å². The molecule has 0 aliphatic carbocycles. The average molecular weight is 245 g/mol. The molecule has 0 unspecified atom stereocenters. The first-order valence-electron chi connectivity index (χ1n) is 5.84. The highest BCUT2D eigenvalue weighted by molar-refractivity contribution is 5.66. The highest BCUT2D eigenvalue weighted by Crippen LogP contribution is 2.18. The first kappa shape index (κ1) is 12.3. The minimum atomic E-state index is -0.785. The van der Waals surface area contributed by atoms with Gasteiger partial charge in [-0.1, -0.05) is 35.0 Å². The fraction of sp³-hybridized carbons (Fsp3) is 0.308. The van der Waals surface area contributed by atoms with Crippen LogP contribution < -0.4 is 0 Å². The summed E-state index contributed by atoms with van der Waals surface area (Å²) >= 11 is 0. The number of carboxylic acids is 1. The Morgan fingerprint density at radius 3 is 2.72 bits per heavy atom. The Bertz CT molecular complexity index is 531. The number of aromatic nitrogens is 3. The molecule has 1 heterocycles. The molecule has 5 nitrogen and oxygen atoms in total. The Balaban J connectivity index is 2.12. The van der Waals surface area contributed by atoms with Crippen LogP contribution in [0.5, 0.6) is 0 Å². The predicted octanol–water partition coefficient (Wildman–Crippen LogP) is 2.12. The van der Waals surface area contributed by atoms with Crippen molar-refractivity contribution in [2.75, 3.05) is 0 Å². The van der Waals surface area contributed by atoms with Gasteiger partial charge < -0.3 is 5.11 Å². The van der Waals surface area contributed by atoms with E-state index in [1.165, 1.54) is 5.56 Å². The van der Waals surface area contributed by atoms with Crippen molar-refractivity contribution in [2.45, 2.75) is 26.3 Å². The van der Waals surface area contributed by atoms with Crippen LogP contribution in [0, 0.1) is 6.92 Å². The summed E-state index contributed by atoms with van der Waals surface area (Å²) in [6.45, 7) is 2.60. The first-order chi connectivity index (χ1) is 8.66. The molecule has 0 fully saturated rings. The summed E-state index contributed by atoms with van der Waals surface area (Å²) in [6.07, 6.45) is 2.40. The summed E-state index contributed by atoms with van der Waals surface area (Å²) in [6, 6.07) is 8.09. The van der Waals surface area contributed by atoms with Crippen molar-refractivity contribution >= 4 is 5.97 Å². The topological polar surface area (TPSA) is 68.0 Å². The van der Waals surface area contributed by atoms with E-state index in [9.17, 15) is 4.79 Å². The van der Waals surface area contributed by atoms with E-state index in [0.29, 0.717) is 13.0 Å². The SMILES string of the molecule is Cc1ccc(-c2cnnn2CCCC(=O)O)cc1. The van der Waals surface area contributed by atoms with Gasteiger partial charge >= 0.3 is 5.97 Å². The van der Waals surface area contributed by atoms with E-state index in [-0.39, 0.29) is 6.42 Å². The molecule has 0 atom stereocenters. The molecule has 0 saturated heterocycles. The van der Waals surface area contributed by atoms with Crippen molar-refractivity contribution in [3.8, 4) is 11.3 Å². The number of rotatable bonds is 5. The van der Waals surface area contributed by atoms with Crippen molar-refractivity contribution in [3.05, 3.63) is 36.0 Å². The maximum atomic E-state index is 10.5. The molecule has 0 spiro atoms. The van der Waals surface area contributed by atoms with Gasteiger partial charge in [-0.05, 0) is 13.3 Å². The molecule has 5 heteroatoms. The standard InChI is InChI=1S/C13H15N3O2/c1-10-4-6-11(7-5-10)12-9-14-15-16(12)8-2-3-13(17)18/h4-7,9H,2-3,8H2,1H3,(H,17,18). The smallest absolute Gasteiger partial charge is 0.303 e. The van der Waals surface area contributed by atoms with Crippen LogP contribution in [0.1, 0.15) is 18.4 Å². The minimum Gasteiger partial charge on any atom is -0.481 e. The van der Waals surface area contributed by atoms with Crippen molar-refractivity contribution in [1.29, 1.82) is 0 Å². The highest BCUT2D eigenvalue weighted by atomic mass is 16.4. The first-order valence-corrected chi connectivity index (χ1v) is 5.84. The molecular formula is C13H15N3O2. The van der Waals surface area contributed by atoms with Gasteiger partial charge in [-0.3, -0.25) is 4.79 Å². The van der Waals surface area contributed by atoms with Crippen LogP contribution in [0.15, 0.2) is 30.5 Å². The van der Waals surface area contributed by atoms with E-state index >= 15 is 0 Å². The Morgan fingerprint density at radius 1 is 1.33 bits per heavy atom. The molecule has 94 valence electrons. The number of hydrogen-bond donors (Lipinski definition) is 1. The molecule has 18 heavy (non-hydrogen) atoms. The van der Waals surface area contributed by atoms with Gasteiger partial charge in [0.15, 0.2) is 0 Å². The van der Waals surface area contributed by atoms with Gasteiger partial charge in [-0.25, -0.2) is 4.68 Å². The summed E-state index contributed by atoms with van der Waals surface area (Å²) in [4.78, 5) is 10.5. The van der Waals surface area contributed by atoms with Crippen molar-refractivity contribution in [2.24, 2.45) is 0 Å². The predicted molar refractivity (Wildman–Crippen MR) is 67.1 cm³/mol. The van der Waals surface area contributed by atoms with Gasteiger partial charge in [-0.15, -0.1) is 5.10 Å². The van der Waals surface area contributed by atoms with E-state index < -0.39 is 5.97 Å². The number of hydrogen-bond acceptors (Lipinski definition) is 3. The van der Waals surface area contributed by atoms with E-state index in [1.807, 2.05) is 31.2 Å². The normalized spacial score (nSPS) is 10.5. The van der Waals surface area contributed by atoms with E-state index in [2.05, 4.69) is 10.3 Å². The quantitative estimate of drug-likeness (QED) is 0.876. The molecule has 1 N–H and O–H groups in total. The maximum Gasteiger partial charge on any atom is 0.303 e. The third-order valence-corrected chi connectivity index (χ3v) is 2.73. The lowest BCUT2D eigenvalue weighted by molar-refractivity contribution is -0.137. The Morgan fingerprint density at radius 2 is 2.06 bits per heavy atom. The third kappa shape index (κ3) is 2.94. The van der Waals surface area contributed by atoms with Crippen molar-refractivity contribution < 1.29 is 9.90 Å². The highest BCUT2D eigenvalue weighted by Gasteiger charge is 2.07. The third-order valence-electron chi connectivity index (χ3n) is 2.73. The van der Waals surface area contributed by atoms with Gasteiger partial charge in [0.2, 0.25) is 0 Å². The number of aliphatic carboxylic acids is 1. The van der Waals surface area contributed by atoms with Gasteiger partial charge in [-0.2, -0.15) is 0 Å². The van der Waals surface area contributed by atoms with Crippen LogP contribution in [0.4, 0.5) is 0 Å². The van der Waals surface area contributed by atoms with Crippen LogP contribution >= 0.6 is 0 Å². The summed E-state index contributed by atoms with van der Waals surface area (Å²) in [7, 11) is 0. The lowest BCUT2D eigenvalue weighted by Crippen LogP contribution is -2.05. The Kier molecular flexibility index (Phi) is 3.72. The summed E-state index contributed by atoms with van der Waals surface area (Å²) in [5.74, 6) is -0.785. The number of nitrogens with zero attached hydrogens (tertiary/aromatic N) is 3. The lowest BCUT2D eigenvalue weighted by atomic mass is 10.1. The van der Waals surface area contributed by atoms with Crippen LogP contribution in [0.25, 0.3) is 11.3 Å². The van der Waals surface area contributed by atoms with Crippen LogP contribution in [-0.4, -0.2) is 26.1 Å². The summed E-state index contributed by atoms with van der Waals surface area (Å²) in [5.41, 5.74) is 3.16. The molecule has 0 bridgehead atoms. The molecule has 1 aromatic carbocycles. The van der Waals surface area contributed by atoms with E-state index in [0.717, 1.165) is 11.3 Å². The van der Waals surface area contributed by atoms with E-state index in [4.69, 9.17) is 5.11 Å². The zero-order chi connectivity index (χ0) is 13.0. The number of carboxylic acid groups (broad SMARTS) is 1. The number of aryl methyl sites for hydroxylation is 2. The van der Waals surface area contributed by atoms with Gasteiger partial charge in [0.1, 0.15) is 0 Å². The summed E-state index contributed by atoms with van der Waals surface area (Å²) < 4.78 is 1.74. The largest absolute Gasteiger partial charge is 0.481 e. The Labute approximate surface area is 105 Å². The molecule has 0 amide bonds. The van der Waals surface area contributed by atoms with Crippen LogP contribution in [-0.2, 0) is 11.3 Å². The molecule has 2 aromatic rings. The minimum absolute atomic E-state index is 0.146. The fourth-order valence-electron chi connectivity index (χ4n) is 1.75. The molecule has 2 rings (SSSR count). The number of benzene rings is 1. The maximum absolute atomic E-state index is 10.5. The average Bonchev–Trinajstić information content (AvgIpc) is 2.78.